The van der Waals surface area contributed by atoms with Crippen molar-refractivity contribution >= 4 is 18.1 Å². The highest BCUT2D eigenvalue weighted by molar-refractivity contribution is 6.70. The van der Waals surface area contributed by atoms with Crippen LogP contribution >= 0.6 is 0 Å². The number of anilines is 1. The number of halogens is 3. The molecule has 1 heterocycles. The van der Waals surface area contributed by atoms with E-state index in [1.165, 1.54) is 12.1 Å². The van der Waals surface area contributed by atoms with Crippen LogP contribution < -0.4 is 10.4 Å². The van der Waals surface area contributed by atoms with Crippen molar-refractivity contribution in [2.75, 3.05) is 19.0 Å². The Morgan fingerprint density at radius 3 is 2.14 bits per heavy atom. The van der Waals surface area contributed by atoms with Gasteiger partial charge in [-0.1, -0.05) is 19.9 Å². The highest BCUT2D eigenvalue weighted by atomic mass is 19.4. The van der Waals surface area contributed by atoms with E-state index in [0.29, 0.717) is 11.8 Å². The minimum atomic E-state index is -4.34. The standard InChI is InChI=1S/C16H23BF3NO/c1-14(2)10-17(22-15(14,3)4)12-9-11(16(18,19)20)7-8-13(12)21(5)6/h7-9H,10H2,1-6H3. The third-order valence-corrected chi connectivity index (χ3v) is 4.95. The topological polar surface area (TPSA) is 12.5 Å². The molecule has 0 saturated carbocycles. The van der Waals surface area contributed by atoms with Gasteiger partial charge in [0.15, 0.2) is 0 Å². The fourth-order valence-corrected chi connectivity index (χ4v) is 2.84. The van der Waals surface area contributed by atoms with Crippen LogP contribution in [0, 0.1) is 5.41 Å². The van der Waals surface area contributed by atoms with Gasteiger partial charge in [-0.15, -0.1) is 0 Å². The molecule has 0 amide bonds. The van der Waals surface area contributed by atoms with Gasteiger partial charge in [-0.3, -0.25) is 0 Å². The van der Waals surface area contributed by atoms with Crippen molar-refractivity contribution in [3.63, 3.8) is 0 Å². The number of hydrogen-bond acceptors (Lipinski definition) is 2. The quantitative estimate of drug-likeness (QED) is 0.770. The first kappa shape index (κ1) is 17.2. The molecule has 2 nitrogen and oxygen atoms in total. The molecule has 0 spiro atoms. The van der Waals surface area contributed by atoms with E-state index >= 15 is 0 Å². The molecule has 0 N–H and O–H groups in total. The maximum Gasteiger partial charge on any atom is 0.416 e. The summed E-state index contributed by atoms with van der Waals surface area (Å²) in [5, 5.41) is 0. The monoisotopic (exact) mass is 313 g/mol. The predicted molar refractivity (Wildman–Crippen MR) is 84.9 cm³/mol. The lowest BCUT2D eigenvalue weighted by molar-refractivity contribution is -0.137. The molecule has 0 bridgehead atoms. The Kier molecular flexibility index (Phi) is 4.05. The first-order valence-corrected chi connectivity index (χ1v) is 7.41. The van der Waals surface area contributed by atoms with Gasteiger partial charge in [0, 0.05) is 19.8 Å². The average molecular weight is 313 g/mol. The highest BCUT2D eigenvalue weighted by Gasteiger charge is 2.50. The minimum Gasteiger partial charge on any atom is -0.425 e. The van der Waals surface area contributed by atoms with Crippen molar-refractivity contribution < 1.29 is 17.8 Å². The molecule has 1 fully saturated rings. The van der Waals surface area contributed by atoms with Crippen LogP contribution in [0.15, 0.2) is 18.2 Å². The van der Waals surface area contributed by atoms with Crippen LogP contribution in [0.2, 0.25) is 6.32 Å². The van der Waals surface area contributed by atoms with Crippen LogP contribution in [0.4, 0.5) is 18.9 Å². The van der Waals surface area contributed by atoms with Gasteiger partial charge in [0.25, 0.3) is 0 Å². The van der Waals surface area contributed by atoms with Crippen LogP contribution in [0.1, 0.15) is 33.3 Å². The smallest absolute Gasteiger partial charge is 0.416 e. The number of rotatable bonds is 2. The van der Waals surface area contributed by atoms with E-state index < -0.39 is 11.7 Å². The molecule has 0 aliphatic carbocycles. The Hall–Kier alpha value is -1.17. The lowest BCUT2D eigenvalue weighted by Gasteiger charge is -2.34. The summed E-state index contributed by atoms with van der Waals surface area (Å²) in [7, 11) is 3.66. The van der Waals surface area contributed by atoms with Crippen LogP contribution in [-0.2, 0) is 10.8 Å². The molecule has 2 rings (SSSR count). The van der Waals surface area contributed by atoms with Gasteiger partial charge in [0.1, 0.15) is 0 Å². The fourth-order valence-electron chi connectivity index (χ4n) is 2.84. The molecule has 0 radical (unpaired) electrons. The minimum absolute atomic E-state index is 0.102. The summed E-state index contributed by atoms with van der Waals surface area (Å²) in [5.41, 5.74) is 0.273. The lowest BCUT2D eigenvalue weighted by atomic mass is 9.53. The van der Waals surface area contributed by atoms with Crippen molar-refractivity contribution in [2.45, 2.75) is 45.8 Å². The summed E-state index contributed by atoms with van der Waals surface area (Å²) in [6, 6.07) is 3.89. The molecule has 0 aromatic heterocycles. The summed E-state index contributed by atoms with van der Waals surface area (Å²) < 4.78 is 45.2. The zero-order chi connectivity index (χ0) is 16.9. The molecular weight excluding hydrogens is 290 g/mol. The highest BCUT2D eigenvalue weighted by Crippen LogP contribution is 2.45. The third-order valence-electron chi connectivity index (χ3n) is 4.95. The molecular formula is C16H23BF3NO. The normalized spacial score (nSPS) is 20.3. The summed E-state index contributed by atoms with van der Waals surface area (Å²) in [4.78, 5) is 1.83. The Bertz CT molecular complexity index is 551. The maximum absolute atomic E-state index is 13.0. The Morgan fingerprint density at radius 2 is 1.73 bits per heavy atom. The lowest BCUT2D eigenvalue weighted by Crippen LogP contribution is -2.38. The van der Waals surface area contributed by atoms with E-state index in [9.17, 15) is 13.2 Å². The second kappa shape index (κ2) is 5.19. The summed E-state index contributed by atoms with van der Waals surface area (Å²) in [6.45, 7) is 7.85. The molecule has 6 heteroatoms. The van der Waals surface area contributed by atoms with E-state index in [1.807, 2.05) is 32.8 Å². The van der Waals surface area contributed by atoms with Gasteiger partial charge in [0.2, 0.25) is 0 Å². The zero-order valence-corrected chi connectivity index (χ0v) is 14.0. The van der Waals surface area contributed by atoms with E-state index in [0.717, 1.165) is 11.8 Å². The molecule has 1 aromatic rings. The van der Waals surface area contributed by atoms with Crippen molar-refractivity contribution in [1.82, 2.24) is 0 Å². The largest absolute Gasteiger partial charge is 0.425 e. The molecule has 0 unspecified atom stereocenters. The number of hydrogen-bond donors (Lipinski definition) is 0. The van der Waals surface area contributed by atoms with Crippen molar-refractivity contribution in [1.29, 1.82) is 0 Å². The van der Waals surface area contributed by atoms with Crippen molar-refractivity contribution in [3.8, 4) is 0 Å². The van der Waals surface area contributed by atoms with E-state index in [-0.39, 0.29) is 17.9 Å². The first-order chi connectivity index (χ1) is 9.85. The molecule has 22 heavy (non-hydrogen) atoms. The van der Waals surface area contributed by atoms with Crippen LogP contribution in [0.3, 0.4) is 0 Å². The molecule has 122 valence electrons. The Morgan fingerprint density at radius 1 is 1.14 bits per heavy atom. The predicted octanol–water partition coefficient (Wildman–Crippen LogP) is 3.80. The molecule has 1 aromatic carbocycles. The Labute approximate surface area is 130 Å². The molecule has 1 saturated heterocycles. The van der Waals surface area contributed by atoms with Gasteiger partial charge in [-0.25, -0.2) is 0 Å². The Balaban J connectivity index is 2.49. The zero-order valence-electron chi connectivity index (χ0n) is 14.0. The van der Waals surface area contributed by atoms with Crippen LogP contribution in [0.5, 0.6) is 0 Å². The van der Waals surface area contributed by atoms with E-state index in [2.05, 4.69) is 13.8 Å². The summed E-state index contributed by atoms with van der Waals surface area (Å²) in [6.07, 6.45) is -3.65. The SMILES string of the molecule is CN(C)c1ccc(C(F)(F)F)cc1B1CC(C)(C)C(C)(C)O1. The van der Waals surface area contributed by atoms with Gasteiger partial charge in [-0.05, 0) is 43.2 Å². The molecule has 0 atom stereocenters. The molecule has 1 aliphatic heterocycles. The summed E-state index contributed by atoms with van der Waals surface area (Å²) in [5.74, 6) is 0. The second-order valence-corrected chi connectivity index (χ2v) is 7.37. The van der Waals surface area contributed by atoms with Crippen LogP contribution in [0.25, 0.3) is 0 Å². The molecule has 1 aliphatic rings. The van der Waals surface area contributed by atoms with E-state index in [1.54, 1.807) is 0 Å². The second-order valence-electron chi connectivity index (χ2n) is 7.37. The fraction of sp³-hybridized carbons (Fsp3) is 0.625. The van der Waals surface area contributed by atoms with Gasteiger partial charge < -0.3 is 9.55 Å². The maximum atomic E-state index is 13.0. The number of nitrogens with zero attached hydrogens (tertiary/aromatic N) is 1. The summed E-state index contributed by atoms with van der Waals surface area (Å²) >= 11 is 0. The van der Waals surface area contributed by atoms with Crippen molar-refractivity contribution in [2.24, 2.45) is 5.41 Å². The number of alkyl halides is 3. The number of benzene rings is 1. The average Bonchev–Trinajstić information content (AvgIpc) is 2.56. The van der Waals surface area contributed by atoms with Gasteiger partial charge in [0.05, 0.1) is 11.2 Å². The van der Waals surface area contributed by atoms with Gasteiger partial charge in [-0.2, -0.15) is 13.2 Å². The van der Waals surface area contributed by atoms with Gasteiger partial charge >= 0.3 is 13.1 Å². The third kappa shape index (κ3) is 2.98. The van der Waals surface area contributed by atoms with Crippen molar-refractivity contribution in [3.05, 3.63) is 23.8 Å². The van der Waals surface area contributed by atoms with E-state index in [4.69, 9.17) is 4.65 Å². The van der Waals surface area contributed by atoms with Crippen LogP contribution in [-0.4, -0.2) is 26.6 Å². The first-order valence-electron chi connectivity index (χ1n) is 7.41.